The van der Waals surface area contributed by atoms with Crippen LogP contribution in [0.2, 0.25) is 0 Å². The molecule has 2 amide bonds. The number of thioether (sulfide) groups is 1. The zero-order chi connectivity index (χ0) is 43.5. The average Bonchev–Trinajstić information content (AvgIpc) is 3.68. The minimum atomic E-state index is -5.58. The van der Waals surface area contributed by atoms with E-state index < -0.39 is 90.7 Å². The van der Waals surface area contributed by atoms with Crippen molar-refractivity contribution < 1.29 is 85.6 Å². The Hall–Kier alpha value is -2.48. The van der Waals surface area contributed by atoms with Crippen molar-refractivity contribution in [3.8, 4) is 0 Å². The third-order valence-electron chi connectivity index (χ3n) is 8.31. The minimum Gasteiger partial charge on any atom is -0.393 e. The molecule has 1 saturated heterocycles. The number of nitrogens with two attached hydrogens (primary N) is 1. The van der Waals surface area contributed by atoms with Crippen molar-refractivity contribution in [3.63, 3.8) is 0 Å². The fourth-order valence-electron chi connectivity index (χ4n) is 5.28. The lowest BCUT2D eigenvalue weighted by atomic mass is 9.87. The molecular formula is C29H50N7O18P3S. The van der Waals surface area contributed by atoms with E-state index >= 15 is 0 Å². The van der Waals surface area contributed by atoms with Crippen LogP contribution in [0.25, 0.3) is 11.2 Å². The van der Waals surface area contributed by atoms with E-state index in [0.29, 0.717) is 6.42 Å². The number of hydrogen-bond donors (Lipinski definition) is 10. The van der Waals surface area contributed by atoms with Gasteiger partial charge < -0.3 is 56.0 Å². The number of fused-ring (bicyclic) bond motifs is 1. The lowest BCUT2D eigenvalue weighted by Gasteiger charge is -2.30. The highest BCUT2D eigenvalue weighted by molar-refractivity contribution is 8.13. The van der Waals surface area contributed by atoms with Gasteiger partial charge in [-0.05, 0) is 6.42 Å². The van der Waals surface area contributed by atoms with Crippen LogP contribution in [-0.2, 0) is 50.7 Å². The molecule has 0 aliphatic carbocycles. The first-order valence-electron chi connectivity index (χ1n) is 17.7. The summed E-state index contributed by atoms with van der Waals surface area (Å²) in [6, 6.07) is 0. The van der Waals surface area contributed by atoms with Gasteiger partial charge in [-0.15, -0.1) is 0 Å². The first-order valence-corrected chi connectivity index (χ1v) is 23.2. The summed E-state index contributed by atoms with van der Waals surface area (Å²) < 4.78 is 62.1. The number of anilines is 1. The van der Waals surface area contributed by atoms with Gasteiger partial charge in [0.1, 0.15) is 36.3 Å². The fraction of sp³-hybridized carbons (Fsp3) is 0.724. The zero-order valence-electron chi connectivity index (χ0n) is 31.6. The number of nitrogens with one attached hydrogen (secondary N) is 2. The summed E-state index contributed by atoms with van der Waals surface area (Å²) in [6.45, 7) is 2.42. The predicted molar refractivity (Wildman–Crippen MR) is 202 cm³/mol. The Balaban J connectivity index is 1.45. The zero-order valence-corrected chi connectivity index (χ0v) is 35.1. The molecule has 3 rings (SSSR count). The van der Waals surface area contributed by atoms with Crippen LogP contribution in [0.3, 0.4) is 0 Å². The Morgan fingerprint density at radius 3 is 2.40 bits per heavy atom. The molecule has 58 heavy (non-hydrogen) atoms. The largest absolute Gasteiger partial charge is 0.481 e. The maximum absolute atomic E-state index is 12.7. The van der Waals surface area contributed by atoms with Crippen molar-refractivity contribution in [2.45, 2.75) is 96.0 Å². The second-order valence-electron chi connectivity index (χ2n) is 13.6. The Labute approximate surface area is 336 Å². The van der Waals surface area contributed by atoms with E-state index in [1.165, 1.54) is 13.8 Å². The molecule has 2 aromatic rings. The number of aromatic nitrogens is 4. The standard InChI is InChI=1S/C29H50N7O18P3S/c1-4-5-6-7-17(37)12-20(39)58-11-10-31-19(38)8-9-32-27(42)24(41)29(2,3)14-51-57(48,49)54-56(46,47)50-13-18-23(53-55(43,44)45)22(40)28(52-18)36-16-35-21-25(30)33-15-34-26(21)36/h15-18,22-24,28,37,40-41H,4-14H2,1-3H3,(H,31,38)(H,32,42)(H,46,47)(H,48,49)(H2,30,33,34)(H2,43,44,45). The fourth-order valence-corrected chi connectivity index (χ4v) is 8.85. The van der Waals surface area contributed by atoms with E-state index in [4.69, 9.17) is 19.5 Å². The van der Waals surface area contributed by atoms with E-state index in [0.717, 1.165) is 48.2 Å². The minimum absolute atomic E-state index is 0.0181. The molecule has 0 radical (unpaired) electrons. The summed E-state index contributed by atoms with van der Waals surface area (Å²) in [5.41, 5.74) is 4.24. The highest BCUT2D eigenvalue weighted by Crippen LogP contribution is 2.61. The van der Waals surface area contributed by atoms with Gasteiger partial charge in [-0.1, -0.05) is 51.8 Å². The third kappa shape index (κ3) is 15.8. The van der Waals surface area contributed by atoms with E-state index in [1.54, 1.807) is 0 Å². The number of carbonyl (C=O) groups excluding carboxylic acids is 3. The molecule has 1 aliphatic heterocycles. The number of rotatable bonds is 25. The van der Waals surface area contributed by atoms with Gasteiger partial charge in [0.15, 0.2) is 22.8 Å². The van der Waals surface area contributed by atoms with E-state index in [-0.39, 0.29) is 53.8 Å². The van der Waals surface area contributed by atoms with Crippen LogP contribution in [0.1, 0.15) is 65.5 Å². The molecule has 0 aromatic carbocycles. The molecule has 11 N–H and O–H groups in total. The SMILES string of the molecule is CCCCCC(O)CC(=O)SCCNC(=O)CCNC(=O)C(O)C(C)(C)COP(=O)(O)OP(=O)(O)OCC1OC(n2cnc3c(N)ncnc32)C(O)C1OP(=O)(O)O. The highest BCUT2D eigenvalue weighted by Gasteiger charge is 2.50. The molecule has 2 aromatic heterocycles. The van der Waals surface area contributed by atoms with Crippen LogP contribution >= 0.6 is 35.2 Å². The normalized spacial score (nSPS) is 21.9. The second-order valence-corrected chi connectivity index (χ2v) is 19.0. The van der Waals surface area contributed by atoms with E-state index in [2.05, 4.69) is 34.4 Å². The molecule has 29 heteroatoms. The van der Waals surface area contributed by atoms with Gasteiger partial charge in [0.05, 0.1) is 25.6 Å². The number of phosphoric ester groups is 3. The Morgan fingerprint density at radius 2 is 1.72 bits per heavy atom. The molecule has 330 valence electrons. The van der Waals surface area contributed by atoms with Crippen molar-refractivity contribution in [3.05, 3.63) is 12.7 Å². The van der Waals surface area contributed by atoms with Crippen LogP contribution in [0.5, 0.6) is 0 Å². The molecule has 1 fully saturated rings. The maximum Gasteiger partial charge on any atom is 0.481 e. The highest BCUT2D eigenvalue weighted by atomic mass is 32.2. The van der Waals surface area contributed by atoms with Gasteiger partial charge in [0.2, 0.25) is 11.8 Å². The summed E-state index contributed by atoms with van der Waals surface area (Å²) in [5, 5.41) is 36.1. The number of nitrogens with zero attached hydrogens (tertiary/aromatic N) is 4. The number of imidazole rings is 1. The van der Waals surface area contributed by atoms with Gasteiger partial charge in [-0.2, -0.15) is 4.31 Å². The van der Waals surface area contributed by atoms with Crippen LogP contribution in [0.15, 0.2) is 12.7 Å². The first-order chi connectivity index (χ1) is 26.9. The summed E-state index contributed by atoms with van der Waals surface area (Å²) in [6.07, 6.45) is -4.33. The number of amides is 2. The van der Waals surface area contributed by atoms with Crippen molar-refractivity contribution in [2.24, 2.45) is 5.41 Å². The number of nitrogen functional groups attached to an aromatic ring is 1. The molecular weight excluding hydrogens is 859 g/mol. The van der Waals surface area contributed by atoms with Gasteiger partial charge in [0.25, 0.3) is 0 Å². The van der Waals surface area contributed by atoms with Gasteiger partial charge in [0, 0.05) is 37.1 Å². The molecule has 0 spiro atoms. The van der Waals surface area contributed by atoms with Gasteiger partial charge in [-0.3, -0.25) is 32.5 Å². The summed E-state index contributed by atoms with van der Waals surface area (Å²) in [7, 11) is -16.4. The summed E-state index contributed by atoms with van der Waals surface area (Å²) in [5.74, 6) is -1.23. The topological polar surface area (TPSA) is 384 Å². The smallest absolute Gasteiger partial charge is 0.393 e. The Morgan fingerprint density at radius 1 is 1.03 bits per heavy atom. The summed E-state index contributed by atoms with van der Waals surface area (Å²) in [4.78, 5) is 87.7. The molecule has 0 saturated carbocycles. The molecule has 8 unspecified atom stereocenters. The maximum atomic E-state index is 12.7. The predicted octanol–water partition coefficient (Wildman–Crippen LogP) is -0.00400. The number of unbranched alkanes of at least 4 members (excludes halogenated alkanes) is 2. The van der Waals surface area contributed by atoms with Crippen LogP contribution in [0.4, 0.5) is 5.82 Å². The number of phosphoric acid groups is 3. The molecule has 1 aliphatic rings. The number of ether oxygens (including phenoxy) is 1. The first kappa shape index (κ1) is 49.9. The van der Waals surface area contributed by atoms with Crippen LogP contribution in [-0.4, -0.2) is 134 Å². The monoisotopic (exact) mass is 909 g/mol. The number of aliphatic hydroxyl groups excluding tert-OH is 3. The Bertz CT molecular complexity index is 1850. The van der Waals surface area contributed by atoms with Crippen LogP contribution in [0, 0.1) is 5.41 Å². The second kappa shape index (κ2) is 21.9. The van der Waals surface area contributed by atoms with Gasteiger partial charge in [-0.25, -0.2) is 28.6 Å². The lowest BCUT2D eigenvalue weighted by molar-refractivity contribution is -0.137. The van der Waals surface area contributed by atoms with E-state index in [1.807, 2.05) is 6.92 Å². The number of aliphatic hydroxyl groups is 3. The lowest BCUT2D eigenvalue weighted by Crippen LogP contribution is -2.46. The van der Waals surface area contributed by atoms with Crippen molar-refractivity contribution in [1.29, 1.82) is 0 Å². The molecule has 0 bridgehead atoms. The molecule has 3 heterocycles. The van der Waals surface area contributed by atoms with Gasteiger partial charge >= 0.3 is 23.5 Å². The molecule has 25 nitrogen and oxygen atoms in total. The van der Waals surface area contributed by atoms with Crippen LogP contribution < -0.4 is 16.4 Å². The molecule has 8 atom stereocenters. The number of hydrogen-bond acceptors (Lipinski definition) is 19. The third-order valence-corrected chi connectivity index (χ3v) is 12.3. The van der Waals surface area contributed by atoms with E-state index in [9.17, 15) is 63.0 Å². The van der Waals surface area contributed by atoms with Crippen molar-refractivity contribution in [1.82, 2.24) is 30.2 Å². The van der Waals surface area contributed by atoms with Crippen molar-refractivity contribution >= 4 is 69.1 Å². The average molecular weight is 910 g/mol. The Kier molecular flexibility index (Phi) is 18.8. The van der Waals surface area contributed by atoms with Crippen molar-refractivity contribution in [2.75, 3.05) is 37.8 Å². The number of carbonyl (C=O) groups is 3. The quantitative estimate of drug-likeness (QED) is 0.0463. The summed E-state index contributed by atoms with van der Waals surface area (Å²) >= 11 is 0.978.